The summed E-state index contributed by atoms with van der Waals surface area (Å²) in [5.74, 6) is 0.956. The molecule has 0 saturated carbocycles. The van der Waals surface area contributed by atoms with Crippen LogP contribution in [0.25, 0.3) is 22.0 Å². The average molecular weight is 454 g/mol. The predicted octanol–water partition coefficient (Wildman–Crippen LogP) is 6.17. The van der Waals surface area contributed by atoms with E-state index >= 15 is 0 Å². The summed E-state index contributed by atoms with van der Waals surface area (Å²) >= 11 is 0. The lowest BCUT2D eigenvalue weighted by atomic mass is 10.0. The Morgan fingerprint density at radius 2 is 1.68 bits per heavy atom. The first-order valence-electron chi connectivity index (χ1n) is 12.0. The summed E-state index contributed by atoms with van der Waals surface area (Å²) in [6.45, 7) is 1.63. The molecule has 0 aliphatic carbocycles. The summed E-state index contributed by atoms with van der Waals surface area (Å²) in [6.07, 6.45) is 6.25. The summed E-state index contributed by atoms with van der Waals surface area (Å²) in [5.41, 5.74) is 2.98. The maximum atomic E-state index is 13.0. The zero-order valence-electron chi connectivity index (χ0n) is 19.6. The summed E-state index contributed by atoms with van der Waals surface area (Å²) in [6, 6.07) is 24.1. The standard InChI is InChI=1S/C29H31N3O2/c1-21(33)10-4-2-7-15-26(29-30-20-27(32-29)24-12-5-3-6-13-24)31-28(34)19-22-16-17-23-11-8-9-14-25(23)18-22/h3,5-6,8-9,11-14,16-18,20,26H,2,4,7,10,15,19H2,1H3,(H,30,32)(H,31,34)/t26-/m0/s1. The van der Waals surface area contributed by atoms with E-state index in [1.165, 1.54) is 5.39 Å². The smallest absolute Gasteiger partial charge is 0.225 e. The molecule has 0 unspecified atom stereocenters. The number of benzene rings is 3. The molecular formula is C29H31N3O2. The second kappa shape index (κ2) is 11.4. The molecule has 4 rings (SSSR count). The number of hydrogen-bond donors (Lipinski definition) is 2. The van der Waals surface area contributed by atoms with Crippen molar-refractivity contribution in [2.24, 2.45) is 0 Å². The fraction of sp³-hybridized carbons (Fsp3) is 0.276. The van der Waals surface area contributed by atoms with Gasteiger partial charge in [-0.2, -0.15) is 0 Å². The Bertz CT molecular complexity index is 1250. The number of fused-ring (bicyclic) bond motifs is 1. The van der Waals surface area contributed by atoms with E-state index in [1.54, 1.807) is 6.92 Å². The van der Waals surface area contributed by atoms with E-state index in [-0.39, 0.29) is 17.7 Å². The maximum absolute atomic E-state index is 13.0. The van der Waals surface area contributed by atoms with Gasteiger partial charge in [-0.05, 0) is 41.7 Å². The molecule has 0 spiro atoms. The number of aromatic amines is 1. The van der Waals surface area contributed by atoms with Gasteiger partial charge in [0, 0.05) is 6.42 Å². The normalized spacial score (nSPS) is 11.9. The molecule has 2 N–H and O–H groups in total. The number of nitrogens with one attached hydrogen (secondary N) is 2. The first kappa shape index (κ1) is 23.4. The molecule has 5 nitrogen and oxygen atoms in total. The molecule has 1 heterocycles. The molecule has 0 bridgehead atoms. The molecule has 0 radical (unpaired) electrons. The van der Waals surface area contributed by atoms with Gasteiger partial charge in [-0.15, -0.1) is 0 Å². The van der Waals surface area contributed by atoms with E-state index < -0.39 is 0 Å². The van der Waals surface area contributed by atoms with Gasteiger partial charge in [0.15, 0.2) is 0 Å². The molecule has 1 atom stereocenters. The van der Waals surface area contributed by atoms with E-state index in [2.05, 4.69) is 39.6 Å². The number of aromatic nitrogens is 2. The molecule has 1 amide bonds. The number of amides is 1. The maximum Gasteiger partial charge on any atom is 0.225 e. The van der Waals surface area contributed by atoms with Gasteiger partial charge in [0.25, 0.3) is 0 Å². The lowest BCUT2D eigenvalue weighted by molar-refractivity contribution is -0.121. The van der Waals surface area contributed by atoms with Crippen LogP contribution < -0.4 is 5.32 Å². The first-order valence-corrected chi connectivity index (χ1v) is 12.0. The Labute approximate surface area is 200 Å². The van der Waals surface area contributed by atoms with E-state index in [0.717, 1.165) is 53.7 Å². The monoisotopic (exact) mass is 453 g/mol. The van der Waals surface area contributed by atoms with Crippen LogP contribution in [-0.2, 0) is 16.0 Å². The van der Waals surface area contributed by atoms with Crippen LogP contribution >= 0.6 is 0 Å². The van der Waals surface area contributed by atoms with Gasteiger partial charge in [-0.25, -0.2) is 4.98 Å². The van der Waals surface area contributed by atoms with Gasteiger partial charge in [0.1, 0.15) is 11.6 Å². The van der Waals surface area contributed by atoms with Crippen LogP contribution in [-0.4, -0.2) is 21.7 Å². The number of carbonyl (C=O) groups excluding carboxylic acids is 2. The number of carbonyl (C=O) groups is 2. The second-order valence-corrected chi connectivity index (χ2v) is 8.83. The van der Waals surface area contributed by atoms with Gasteiger partial charge < -0.3 is 15.1 Å². The van der Waals surface area contributed by atoms with Crippen molar-refractivity contribution in [1.29, 1.82) is 0 Å². The number of nitrogens with zero attached hydrogens (tertiary/aromatic N) is 1. The Morgan fingerprint density at radius 3 is 2.47 bits per heavy atom. The molecule has 1 aromatic heterocycles. The van der Waals surface area contributed by atoms with E-state index in [4.69, 9.17) is 0 Å². The third kappa shape index (κ3) is 6.41. The zero-order valence-corrected chi connectivity index (χ0v) is 19.6. The highest BCUT2D eigenvalue weighted by Crippen LogP contribution is 2.23. The Kier molecular flexibility index (Phi) is 7.87. The van der Waals surface area contributed by atoms with Crippen LogP contribution in [0.5, 0.6) is 0 Å². The number of Topliss-reactive ketones (excluding diaryl/α,β-unsaturated/α-hetero) is 1. The quantitative estimate of drug-likeness (QED) is 0.267. The molecule has 0 aliphatic rings. The van der Waals surface area contributed by atoms with Crippen LogP contribution in [0.15, 0.2) is 79.0 Å². The van der Waals surface area contributed by atoms with Crippen LogP contribution in [0.3, 0.4) is 0 Å². The molecule has 174 valence electrons. The third-order valence-corrected chi connectivity index (χ3v) is 6.05. The van der Waals surface area contributed by atoms with Crippen molar-refractivity contribution in [1.82, 2.24) is 15.3 Å². The Morgan fingerprint density at radius 1 is 0.912 bits per heavy atom. The predicted molar refractivity (Wildman–Crippen MR) is 136 cm³/mol. The fourth-order valence-electron chi connectivity index (χ4n) is 4.23. The minimum atomic E-state index is -0.206. The number of H-pyrrole nitrogens is 1. The van der Waals surface area contributed by atoms with Gasteiger partial charge in [0.2, 0.25) is 5.91 Å². The summed E-state index contributed by atoms with van der Waals surface area (Å²) < 4.78 is 0. The molecule has 0 saturated heterocycles. The minimum Gasteiger partial charge on any atom is -0.346 e. The largest absolute Gasteiger partial charge is 0.346 e. The summed E-state index contributed by atoms with van der Waals surface area (Å²) in [5, 5.41) is 5.49. The summed E-state index contributed by atoms with van der Waals surface area (Å²) in [7, 11) is 0. The topological polar surface area (TPSA) is 74.8 Å². The Hall–Kier alpha value is -3.73. The van der Waals surface area contributed by atoms with Crippen molar-refractivity contribution in [2.45, 2.75) is 51.5 Å². The molecule has 5 heteroatoms. The molecular weight excluding hydrogens is 422 g/mol. The van der Waals surface area contributed by atoms with Crippen molar-refractivity contribution in [3.8, 4) is 11.3 Å². The van der Waals surface area contributed by atoms with E-state index in [0.29, 0.717) is 12.8 Å². The molecule has 3 aromatic carbocycles. The lowest BCUT2D eigenvalue weighted by Gasteiger charge is -2.17. The molecule has 4 aromatic rings. The van der Waals surface area contributed by atoms with Crippen LogP contribution in [0.2, 0.25) is 0 Å². The number of hydrogen-bond acceptors (Lipinski definition) is 3. The number of imidazole rings is 1. The van der Waals surface area contributed by atoms with Crippen molar-refractivity contribution >= 4 is 22.5 Å². The SMILES string of the molecule is CC(=O)CCCCC[C@H](NC(=O)Cc1ccc2ccccc2c1)c1ncc(-c2ccccc2)[nH]1. The molecule has 34 heavy (non-hydrogen) atoms. The highest BCUT2D eigenvalue weighted by atomic mass is 16.1. The third-order valence-electron chi connectivity index (χ3n) is 6.05. The van der Waals surface area contributed by atoms with Gasteiger partial charge in [0.05, 0.1) is 24.4 Å². The Balaban J connectivity index is 1.44. The molecule has 0 fully saturated rings. The van der Waals surface area contributed by atoms with Crippen molar-refractivity contribution in [3.63, 3.8) is 0 Å². The highest BCUT2D eigenvalue weighted by Gasteiger charge is 2.18. The molecule has 0 aliphatic heterocycles. The number of ketones is 1. The van der Waals surface area contributed by atoms with Gasteiger partial charge in [-0.1, -0.05) is 85.6 Å². The van der Waals surface area contributed by atoms with E-state index in [1.807, 2.05) is 54.7 Å². The van der Waals surface area contributed by atoms with Crippen LogP contribution in [0, 0.1) is 0 Å². The minimum absolute atomic E-state index is 0.0262. The van der Waals surface area contributed by atoms with Gasteiger partial charge in [-0.3, -0.25) is 4.79 Å². The zero-order chi connectivity index (χ0) is 23.8. The van der Waals surface area contributed by atoms with Crippen LogP contribution in [0.1, 0.15) is 56.5 Å². The van der Waals surface area contributed by atoms with Crippen molar-refractivity contribution in [2.75, 3.05) is 0 Å². The lowest BCUT2D eigenvalue weighted by Crippen LogP contribution is -2.30. The van der Waals surface area contributed by atoms with Crippen molar-refractivity contribution in [3.05, 3.63) is 90.4 Å². The van der Waals surface area contributed by atoms with Crippen LogP contribution in [0.4, 0.5) is 0 Å². The summed E-state index contributed by atoms with van der Waals surface area (Å²) in [4.78, 5) is 32.2. The second-order valence-electron chi connectivity index (χ2n) is 8.83. The fourth-order valence-corrected chi connectivity index (χ4v) is 4.23. The van der Waals surface area contributed by atoms with Crippen molar-refractivity contribution < 1.29 is 9.59 Å². The number of unbranched alkanes of at least 4 members (excludes halogenated alkanes) is 2. The van der Waals surface area contributed by atoms with Gasteiger partial charge >= 0.3 is 0 Å². The first-order chi connectivity index (χ1) is 16.6. The number of rotatable bonds is 11. The van der Waals surface area contributed by atoms with E-state index in [9.17, 15) is 9.59 Å². The highest BCUT2D eigenvalue weighted by molar-refractivity contribution is 5.85. The average Bonchev–Trinajstić information content (AvgIpc) is 3.34.